The molecule has 3 heteroatoms. The minimum absolute atomic E-state index is 0.573. The second-order valence-corrected chi connectivity index (χ2v) is 5.32. The van der Waals surface area contributed by atoms with Crippen LogP contribution in [0.1, 0.15) is 40.5 Å². The number of nitrogens with one attached hydrogen (secondary N) is 1. The Bertz CT molecular complexity index is 171. The van der Waals surface area contributed by atoms with Crippen LogP contribution in [0.4, 0.5) is 0 Å². The molecule has 0 aliphatic carbocycles. The van der Waals surface area contributed by atoms with Gasteiger partial charge in [-0.25, -0.2) is 0 Å². The van der Waals surface area contributed by atoms with Crippen LogP contribution in [0.2, 0.25) is 0 Å². The van der Waals surface area contributed by atoms with Crippen LogP contribution < -0.4 is 5.32 Å². The number of hydrogen-bond acceptors (Lipinski definition) is 3. The first kappa shape index (κ1) is 16.9. The molecule has 0 saturated heterocycles. The lowest BCUT2D eigenvalue weighted by Gasteiger charge is -2.34. The van der Waals surface area contributed by atoms with Crippen molar-refractivity contribution in [3.8, 4) is 0 Å². The molecule has 0 heterocycles. The smallest absolute Gasteiger partial charge is 0.0218 e. The molecule has 0 amide bonds. The summed E-state index contributed by atoms with van der Waals surface area (Å²) in [5.41, 5.74) is 0. The third-order valence-electron chi connectivity index (χ3n) is 3.36. The fourth-order valence-electron chi connectivity index (χ4n) is 1.99. The van der Waals surface area contributed by atoms with Crippen LogP contribution in [-0.4, -0.2) is 62.2 Å². The van der Waals surface area contributed by atoms with Gasteiger partial charge < -0.3 is 10.2 Å². The lowest BCUT2D eigenvalue weighted by molar-refractivity contribution is 0.160. The van der Waals surface area contributed by atoms with Crippen LogP contribution in [0, 0.1) is 0 Å². The fraction of sp³-hybridized carbons (Fsp3) is 1.00. The molecular weight excluding hydrogens is 210 g/mol. The van der Waals surface area contributed by atoms with Crippen molar-refractivity contribution < 1.29 is 0 Å². The molecule has 0 aromatic heterocycles. The predicted octanol–water partition coefficient (Wildman–Crippen LogP) is 2.04. The van der Waals surface area contributed by atoms with Crippen molar-refractivity contribution in [2.45, 2.75) is 52.6 Å². The van der Waals surface area contributed by atoms with Crippen LogP contribution in [0.5, 0.6) is 0 Å². The molecule has 0 aliphatic rings. The molecule has 1 N–H and O–H groups in total. The first-order chi connectivity index (χ1) is 8.02. The average Bonchev–Trinajstić information content (AvgIpc) is 2.30. The normalized spacial score (nSPS) is 15.5. The maximum absolute atomic E-state index is 3.60. The summed E-state index contributed by atoms with van der Waals surface area (Å²) in [5, 5.41) is 3.60. The molecule has 0 aromatic rings. The van der Waals surface area contributed by atoms with Gasteiger partial charge >= 0.3 is 0 Å². The Morgan fingerprint density at radius 2 is 1.59 bits per heavy atom. The molecule has 0 spiro atoms. The lowest BCUT2D eigenvalue weighted by Crippen LogP contribution is -2.49. The summed E-state index contributed by atoms with van der Waals surface area (Å²) in [6, 6.07) is 1.19. The number of rotatable bonds is 10. The molecule has 0 fully saturated rings. The Labute approximate surface area is 109 Å². The van der Waals surface area contributed by atoms with E-state index in [4.69, 9.17) is 0 Å². The van der Waals surface area contributed by atoms with Crippen molar-refractivity contribution in [2.75, 3.05) is 40.3 Å². The van der Waals surface area contributed by atoms with Gasteiger partial charge in [-0.3, -0.25) is 4.90 Å². The van der Waals surface area contributed by atoms with Crippen molar-refractivity contribution in [1.29, 1.82) is 0 Å². The van der Waals surface area contributed by atoms with E-state index in [0.717, 1.165) is 13.1 Å². The van der Waals surface area contributed by atoms with E-state index in [1.807, 2.05) is 0 Å². The van der Waals surface area contributed by atoms with Gasteiger partial charge in [-0.1, -0.05) is 13.8 Å². The predicted molar refractivity (Wildman–Crippen MR) is 77.6 cm³/mol. The maximum atomic E-state index is 3.60. The molecular formula is C14H33N3. The van der Waals surface area contributed by atoms with Gasteiger partial charge in [0.1, 0.15) is 0 Å². The molecule has 3 nitrogen and oxygen atoms in total. The second-order valence-electron chi connectivity index (χ2n) is 5.32. The van der Waals surface area contributed by atoms with E-state index in [1.54, 1.807) is 0 Å². The van der Waals surface area contributed by atoms with Gasteiger partial charge in [0.2, 0.25) is 0 Å². The lowest BCUT2D eigenvalue weighted by atomic mass is 10.1. The molecule has 0 saturated carbocycles. The van der Waals surface area contributed by atoms with E-state index >= 15 is 0 Å². The molecule has 0 aromatic carbocycles. The largest absolute Gasteiger partial charge is 0.313 e. The van der Waals surface area contributed by atoms with Crippen LogP contribution in [0.25, 0.3) is 0 Å². The van der Waals surface area contributed by atoms with Crippen LogP contribution in [0.3, 0.4) is 0 Å². The fourth-order valence-corrected chi connectivity index (χ4v) is 1.99. The van der Waals surface area contributed by atoms with Gasteiger partial charge in [0, 0.05) is 25.2 Å². The highest BCUT2D eigenvalue weighted by molar-refractivity contribution is 4.78. The zero-order chi connectivity index (χ0) is 13.3. The van der Waals surface area contributed by atoms with E-state index in [1.165, 1.54) is 25.9 Å². The zero-order valence-corrected chi connectivity index (χ0v) is 12.8. The monoisotopic (exact) mass is 243 g/mol. The highest BCUT2D eigenvalue weighted by atomic mass is 15.2. The summed E-state index contributed by atoms with van der Waals surface area (Å²) in [5.74, 6) is 0. The first-order valence-electron chi connectivity index (χ1n) is 7.15. The Balaban J connectivity index is 4.15. The summed E-state index contributed by atoms with van der Waals surface area (Å²) < 4.78 is 0. The SMILES string of the molecule is CCCNC(C)C(C)N(CCC)CCN(C)C. The van der Waals surface area contributed by atoms with Gasteiger partial charge in [0.05, 0.1) is 0 Å². The van der Waals surface area contributed by atoms with E-state index in [0.29, 0.717) is 12.1 Å². The molecule has 2 atom stereocenters. The Morgan fingerprint density at radius 1 is 0.941 bits per heavy atom. The van der Waals surface area contributed by atoms with Gasteiger partial charge in [-0.05, 0) is 53.9 Å². The molecule has 0 rings (SSSR count). The third kappa shape index (κ3) is 7.74. The summed E-state index contributed by atoms with van der Waals surface area (Å²) >= 11 is 0. The van der Waals surface area contributed by atoms with Crippen molar-refractivity contribution >= 4 is 0 Å². The minimum Gasteiger partial charge on any atom is -0.313 e. The Morgan fingerprint density at radius 3 is 2.06 bits per heavy atom. The highest BCUT2D eigenvalue weighted by Crippen LogP contribution is 2.05. The number of nitrogens with zero attached hydrogens (tertiary/aromatic N) is 2. The maximum Gasteiger partial charge on any atom is 0.0218 e. The van der Waals surface area contributed by atoms with Crippen molar-refractivity contribution in [2.24, 2.45) is 0 Å². The number of hydrogen-bond donors (Lipinski definition) is 1. The average molecular weight is 243 g/mol. The van der Waals surface area contributed by atoms with Gasteiger partial charge in [0.15, 0.2) is 0 Å². The Kier molecular flexibility index (Phi) is 9.79. The molecule has 104 valence electrons. The topological polar surface area (TPSA) is 18.5 Å². The van der Waals surface area contributed by atoms with E-state index in [2.05, 4.69) is 56.9 Å². The van der Waals surface area contributed by atoms with Crippen LogP contribution in [0.15, 0.2) is 0 Å². The molecule has 0 aliphatic heterocycles. The molecule has 0 bridgehead atoms. The summed E-state index contributed by atoms with van der Waals surface area (Å²) in [4.78, 5) is 4.87. The number of likely N-dealkylation sites (N-methyl/N-ethyl adjacent to an activating group) is 1. The summed E-state index contributed by atoms with van der Waals surface area (Å²) in [7, 11) is 4.29. The third-order valence-corrected chi connectivity index (χ3v) is 3.36. The Hall–Kier alpha value is -0.120. The van der Waals surface area contributed by atoms with Crippen LogP contribution >= 0.6 is 0 Å². The molecule has 0 radical (unpaired) electrons. The van der Waals surface area contributed by atoms with Gasteiger partial charge in [0.25, 0.3) is 0 Å². The van der Waals surface area contributed by atoms with Crippen LogP contribution in [-0.2, 0) is 0 Å². The molecule has 17 heavy (non-hydrogen) atoms. The van der Waals surface area contributed by atoms with Gasteiger partial charge in [-0.2, -0.15) is 0 Å². The van der Waals surface area contributed by atoms with E-state index in [9.17, 15) is 0 Å². The first-order valence-corrected chi connectivity index (χ1v) is 7.15. The highest BCUT2D eigenvalue weighted by Gasteiger charge is 2.18. The standard InChI is InChI=1S/C14H33N3/c1-7-9-15-13(3)14(4)17(10-8-2)12-11-16(5)6/h13-15H,7-12H2,1-6H3. The summed E-state index contributed by atoms with van der Waals surface area (Å²) in [6.45, 7) is 13.8. The minimum atomic E-state index is 0.573. The quantitative estimate of drug-likeness (QED) is 0.633. The summed E-state index contributed by atoms with van der Waals surface area (Å²) in [6.07, 6.45) is 2.45. The van der Waals surface area contributed by atoms with Crippen molar-refractivity contribution in [3.05, 3.63) is 0 Å². The molecule has 2 unspecified atom stereocenters. The van der Waals surface area contributed by atoms with E-state index < -0.39 is 0 Å². The van der Waals surface area contributed by atoms with Crippen molar-refractivity contribution in [1.82, 2.24) is 15.1 Å². The van der Waals surface area contributed by atoms with Gasteiger partial charge in [-0.15, -0.1) is 0 Å². The zero-order valence-electron chi connectivity index (χ0n) is 12.8. The van der Waals surface area contributed by atoms with Crippen molar-refractivity contribution in [3.63, 3.8) is 0 Å². The second kappa shape index (κ2) is 9.86. The van der Waals surface area contributed by atoms with E-state index in [-0.39, 0.29) is 0 Å².